The van der Waals surface area contributed by atoms with E-state index in [1.165, 1.54) is 24.3 Å². The average Bonchev–Trinajstić information content (AvgIpc) is 2.69. The summed E-state index contributed by atoms with van der Waals surface area (Å²) in [5, 5.41) is 0. The Morgan fingerprint density at radius 1 is 1.12 bits per heavy atom. The molecule has 1 heterocycles. The molecule has 5 nitrogen and oxygen atoms in total. The van der Waals surface area contributed by atoms with Crippen molar-refractivity contribution in [1.29, 1.82) is 0 Å². The normalized spacial score (nSPS) is 17.0. The molecular weight excluding hydrogens is 335 g/mol. The lowest BCUT2D eigenvalue weighted by Gasteiger charge is -2.32. The smallest absolute Gasteiger partial charge is 0.253 e. The highest BCUT2D eigenvalue weighted by Crippen LogP contribution is 2.19. The Morgan fingerprint density at radius 2 is 1.85 bits per heavy atom. The van der Waals surface area contributed by atoms with E-state index in [-0.39, 0.29) is 30.2 Å². The van der Waals surface area contributed by atoms with E-state index in [9.17, 15) is 14.0 Å². The van der Waals surface area contributed by atoms with Gasteiger partial charge in [0.15, 0.2) is 0 Å². The van der Waals surface area contributed by atoms with Crippen LogP contribution in [0, 0.1) is 11.7 Å². The predicted molar refractivity (Wildman–Crippen MR) is 94.4 cm³/mol. The first kappa shape index (κ1) is 18.1. The SMILES string of the molecule is O=C(NOCc1ccccc1)C1CCCN(C(=O)c2ccc(F)cc2)C1. The van der Waals surface area contributed by atoms with Crippen LogP contribution >= 0.6 is 0 Å². The maximum absolute atomic E-state index is 13.0. The molecule has 1 unspecified atom stereocenters. The zero-order valence-corrected chi connectivity index (χ0v) is 14.4. The molecule has 2 aromatic carbocycles. The second kappa shape index (κ2) is 8.58. The van der Waals surface area contributed by atoms with Crippen molar-refractivity contribution in [3.63, 3.8) is 0 Å². The summed E-state index contributed by atoms with van der Waals surface area (Å²) in [6, 6.07) is 15.0. The number of piperidine rings is 1. The summed E-state index contributed by atoms with van der Waals surface area (Å²) in [7, 11) is 0. The molecule has 0 bridgehead atoms. The Balaban J connectivity index is 1.51. The summed E-state index contributed by atoms with van der Waals surface area (Å²) in [5.74, 6) is -1.11. The summed E-state index contributed by atoms with van der Waals surface area (Å²) >= 11 is 0. The van der Waals surface area contributed by atoms with E-state index in [2.05, 4.69) is 5.48 Å². The maximum Gasteiger partial charge on any atom is 0.253 e. The molecule has 1 aliphatic rings. The molecular formula is C20H21FN2O3. The molecule has 0 aromatic heterocycles. The van der Waals surface area contributed by atoms with Crippen molar-refractivity contribution in [2.75, 3.05) is 13.1 Å². The molecule has 1 N–H and O–H groups in total. The minimum atomic E-state index is -0.381. The molecule has 1 aliphatic heterocycles. The third kappa shape index (κ3) is 4.67. The summed E-state index contributed by atoms with van der Waals surface area (Å²) in [6.07, 6.45) is 1.44. The molecule has 0 aliphatic carbocycles. The molecule has 0 spiro atoms. The van der Waals surface area contributed by atoms with Gasteiger partial charge in [0.1, 0.15) is 5.82 Å². The molecule has 1 saturated heterocycles. The summed E-state index contributed by atoms with van der Waals surface area (Å²) in [6.45, 7) is 1.21. The highest BCUT2D eigenvalue weighted by atomic mass is 19.1. The molecule has 6 heteroatoms. The molecule has 0 saturated carbocycles. The van der Waals surface area contributed by atoms with Crippen LogP contribution in [0.3, 0.4) is 0 Å². The average molecular weight is 356 g/mol. The molecule has 2 aromatic rings. The van der Waals surface area contributed by atoms with Crippen LogP contribution in [-0.4, -0.2) is 29.8 Å². The van der Waals surface area contributed by atoms with Gasteiger partial charge in [0, 0.05) is 18.7 Å². The number of carbonyl (C=O) groups excluding carboxylic acids is 2. The number of hydrogen-bond acceptors (Lipinski definition) is 3. The first-order chi connectivity index (χ1) is 12.6. The minimum Gasteiger partial charge on any atom is -0.338 e. The van der Waals surface area contributed by atoms with Crippen LogP contribution in [0.4, 0.5) is 4.39 Å². The molecule has 3 rings (SSSR count). The van der Waals surface area contributed by atoms with Gasteiger partial charge in [0.25, 0.3) is 5.91 Å². The van der Waals surface area contributed by atoms with Gasteiger partial charge in [-0.3, -0.25) is 14.4 Å². The van der Waals surface area contributed by atoms with E-state index >= 15 is 0 Å². The molecule has 1 fully saturated rings. The van der Waals surface area contributed by atoms with Gasteiger partial charge in [-0.05, 0) is 42.7 Å². The van der Waals surface area contributed by atoms with Gasteiger partial charge in [-0.15, -0.1) is 0 Å². The largest absolute Gasteiger partial charge is 0.338 e. The Kier molecular flexibility index (Phi) is 5.96. The van der Waals surface area contributed by atoms with E-state index in [1.54, 1.807) is 4.90 Å². The van der Waals surface area contributed by atoms with Crippen LogP contribution in [0.15, 0.2) is 54.6 Å². The van der Waals surface area contributed by atoms with Crippen molar-refractivity contribution < 1.29 is 18.8 Å². The number of hydroxylamine groups is 1. The monoisotopic (exact) mass is 356 g/mol. The molecule has 1 atom stereocenters. The van der Waals surface area contributed by atoms with Crippen LogP contribution in [0.2, 0.25) is 0 Å². The number of rotatable bonds is 5. The third-order valence-electron chi connectivity index (χ3n) is 4.42. The van der Waals surface area contributed by atoms with Crippen LogP contribution in [0.5, 0.6) is 0 Å². The fourth-order valence-electron chi connectivity index (χ4n) is 3.00. The van der Waals surface area contributed by atoms with E-state index < -0.39 is 0 Å². The summed E-state index contributed by atoms with van der Waals surface area (Å²) in [4.78, 5) is 31.8. The van der Waals surface area contributed by atoms with Gasteiger partial charge in [-0.1, -0.05) is 30.3 Å². The quantitative estimate of drug-likeness (QED) is 0.838. The number of carbonyl (C=O) groups is 2. The van der Waals surface area contributed by atoms with E-state index in [4.69, 9.17) is 4.84 Å². The predicted octanol–water partition coefficient (Wildman–Crippen LogP) is 2.93. The highest BCUT2D eigenvalue weighted by molar-refractivity contribution is 5.94. The molecule has 0 radical (unpaired) electrons. The molecule has 2 amide bonds. The topological polar surface area (TPSA) is 58.6 Å². The number of halogens is 1. The van der Waals surface area contributed by atoms with Gasteiger partial charge in [0.2, 0.25) is 5.91 Å². The zero-order chi connectivity index (χ0) is 18.4. The minimum absolute atomic E-state index is 0.187. The van der Waals surface area contributed by atoms with Crippen molar-refractivity contribution in [3.05, 3.63) is 71.5 Å². The number of hydrogen-bond donors (Lipinski definition) is 1. The van der Waals surface area contributed by atoms with E-state index in [0.29, 0.717) is 25.1 Å². The van der Waals surface area contributed by atoms with Crippen molar-refractivity contribution in [1.82, 2.24) is 10.4 Å². The van der Waals surface area contributed by atoms with Crippen LogP contribution in [0.1, 0.15) is 28.8 Å². The Hall–Kier alpha value is -2.73. The van der Waals surface area contributed by atoms with Gasteiger partial charge in [0.05, 0.1) is 12.5 Å². The second-order valence-corrected chi connectivity index (χ2v) is 6.34. The fourth-order valence-corrected chi connectivity index (χ4v) is 3.00. The van der Waals surface area contributed by atoms with Crippen molar-refractivity contribution >= 4 is 11.8 Å². The van der Waals surface area contributed by atoms with E-state index in [1.807, 2.05) is 30.3 Å². The summed E-state index contributed by atoms with van der Waals surface area (Å²) in [5.41, 5.74) is 3.87. The lowest BCUT2D eigenvalue weighted by Crippen LogP contribution is -2.45. The van der Waals surface area contributed by atoms with Crippen molar-refractivity contribution in [2.45, 2.75) is 19.4 Å². The van der Waals surface area contributed by atoms with Gasteiger partial charge in [-0.25, -0.2) is 9.87 Å². The standard InChI is InChI=1S/C20H21FN2O3/c21-18-10-8-16(9-11-18)20(25)23-12-4-7-17(13-23)19(24)22-26-14-15-5-2-1-3-6-15/h1-3,5-6,8-11,17H,4,7,12-14H2,(H,22,24). The molecule has 26 heavy (non-hydrogen) atoms. The lowest BCUT2D eigenvalue weighted by atomic mass is 9.97. The van der Waals surface area contributed by atoms with Crippen LogP contribution in [0.25, 0.3) is 0 Å². The third-order valence-corrected chi connectivity index (χ3v) is 4.42. The van der Waals surface area contributed by atoms with Crippen molar-refractivity contribution in [3.8, 4) is 0 Å². The first-order valence-corrected chi connectivity index (χ1v) is 8.64. The number of nitrogens with zero attached hydrogens (tertiary/aromatic N) is 1. The van der Waals surface area contributed by atoms with Crippen molar-refractivity contribution in [2.24, 2.45) is 5.92 Å². The Morgan fingerprint density at radius 3 is 2.58 bits per heavy atom. The number of nitrogens with one attached hydrogen (secondary N) is 1. The van der Waals surface area contributed by atoms with Crippen LogP contribution < -0.4 is 5.48 Å². The van der Waals surface area contributed by atoms with E-state index in [0.717, 1.165) is 12.0 Å². The van der Waals surface area contributed by atoms with Gasteiger partial charge < -0.3 is 4.90 Å². The van der Waals surface area contributed by atoms with Gasteiger partial charge >= 0.3 is 0 Å². The Bertz CT molecular complexity index is 749. The lowest BCUT2D eigenvalue weighted by molar-refractivity contribution is -0.140. The highest BCUT2D eigenvalue weighted by Gasteiger charge is 2.29. The summed E-state index contributed by atoms with van der Waals surface area (Å²) < 4.78 is 13.0. The van der Waals surface area contributed by atoms with Crippen LogP contribution in [-0.2, 0) is 16.2 Å². The number of likely N-dealkylation sites (tertiary alicyclic amines) is 1. The zero-order valence-electron chi connectivity index (χ0n) is 14.4. The Labute approximate surface area is 151 Å². The molecule has 136 valence electrons. The van der Waals surface area contributed by atoms with Gasteiger partial charge in [-0.2, -0.15) is 0 Å². The number of benzene rings is 2. The second-order valence-electron chi connectivity index (χ2n) is 6.34. The fraction of sp³-hybridized carbons (Fsp3) is 0.300. The maximum atomic E-state index is 13.0. The number of amides is 2. The first-order valence-electron chi connectivity index (χ1n) is 8.64.